The highest BCUT2D eigenvalue weighted by Crippen LogP contribution is 2.25. The third-order valence-corrected chi connectivity index (χ3v) is 4.11. The summed E-state index contributed by atoms with van der Waals surface area (Å²) in [5.74, 6) is -0.964. The SMILES string of the molecule is CC[C@@H](NC(=NC)c1nccs1)c1ccc(F)c(F)c1C. The lowest BCUT2D eigenvalue weighted by Crippen LogP contribution is -2.29. The van der Waals surface area contributed by atoms with Crippen molar-refractivity contribution in [3.8, 4) is 0 Å². The molecule has 2 rings (SSSR count). The number of thiazole rings is 1. The minimum Gasteiger partial charge on any atom is -0.361 e. The van der Waals surface area contributed by atoms with Crippen molar-refractivity contribution in [2.24, 2.45) is 4.99 Å². The molecular weight excluding hydrogens is 292 g/mol. The maximum atomic E-state index is 13.7. The van der Waals surface area contributed by atoms with Crippen molar-refractivity contribution in [1.29, 1.82) is 0 Å². The number of hydrogen-bond donors (Lipinski definition) is 1. The molecule has 6 heteroatoms. The average Bonchev–Trinajstić information content (AvgIpc) is 3.01. The first-order valence-electron chi connectivity index (χ1n) is 6.66. The number of benzene rings is 1. The second kappa shape index (κ2) is 6.76. The van der Waals surface area contributed by atoms with Crippen LogP contribution in [0.4, 0.5) is 8.78 Å². The zero-order valence-electron chi connectivity index (χ0n) is 12.2. The van der Waals surface area contributed by atoms with Crippen LogP contribution in [0.2, 0.25) is 0 Å². The van der Waals surface area contributed by atoms with Gasteiger partial charge < -0.3 is 5.32 Å². The molecule has 0 aliphatic carbocycles. The van der Waals surface area contributed by atoms with E-state index in [0.717, 1.165) is 23.1 Å². The van der Waals surface area contributed by atoms with Gasteiger partial charge in [-0.15, -0.1) is 11.3 Å². The van der Waals surface area contributed by atoms with Crippen molar-refractivity contribution in [3.05, 3.63) is 51.5 Å². The Morgan fingerprint density at radius 1 is 1.43 bits per heavy atom. The van der Waals surface area contributed by atoms with Gasteiger partial charge in [0.25, 0.3) is 0 Å². The molecule has 112 valence electrons. The molecule has 0 radical (unpaired) electrons. The molecule has 0 aliphatic heterocycles. The van der Waals surface area contributed by atoms with E-state index >= 15 is 0 Å². The number of nitrogens with zero attached hydrogens (tertiary/aromatic N) is 2. The predicted molar refractivity (Wildman–Crippen MR) is 81.8 cm³/mol. The fourth-order valence-electron chi connectivity index (χ4n) is 2.17. The third kappa shape index (κ3) is 3.26. The standard InChI is InChI=1S/C15H17F2N3S/c1-4-12(10-5-6-11(16)13(17)9(10)2)20-14(18-3)15-19-7-8-21-15/h5-8,12H,4H2,1-3H3,(H,18,20)/t12-/m1/s1. The third-order valence-electron chi connectivity index (χ3n) is 3.33. The van der Waals surface area contributed by atoms with Gasteiger partial charge >= 0.3 is 0 Å². The number of hydrogen-bond acceptors (Lipinski definition) is 3. The van der Waals surface area contributed by atoms with Crippen LogP contribution in [0.3, 0.4) is 0 Å². The zero-order chi connectivity index (χ0) is 15.4. The Morgan fingerprint density at radius 3 is 2.76 bits per heavy atom. The second-order valence-electron chi connectivity index (χ2n) is 4.59. The first-order valence-corrected chi connectivity index (χ1v) is 7.54. The fraction of sp³-hybridized carbons (Fsp3) is 0.333. The van der Waals surface area contributed by atoms with Gasteiger partial charge in [0.2, 0.25) is 0 Å². The van der Waals surface area contributed by atoms with E-state index in [4.69, 9.17) is 0 Å². The molecule has 0 amide bonds. The molecule has 0 fully saturated rings. The van der Waals surface area contributed by atoms with Crippen molar-refractivity contribution in [2.45, 2.75) is 26.3 Å². The summed E-state index contributed by atoms with van der Waals surface area (Å²) >= 11 is 1.47. The van der Waals surface area contributed by atoms with Gasteiger partial charge in [-0.2, -0.15) is 0 Å². The zero-order valence-corrected chi connectivity index (χ0v) is 13.0. The van der Waals surface area contributed by atoms with Gasteiger partial charge in [0.15, 0.2) is 22.5 Å². The molecule has 0 saturated carbocycles. The highest BCUT2D eigenvalue weighted by Gasteiger charge is 2.19. The minimum atomic E-state index is -0.824. The summed E-state index contributed by atoms with van der Waals surface area (Å²) in [6.45, 7) is 3.57. The van der Waals surface area contributed by atoms with E-state index in [1.54, 1.807) is 26.2 Å². The Hall–Kier alpha value is -1.82. The van der Waals surface area contributed by atoms with Crippen molar-refractivity contribution >= 4 is 17.2 Å². The molecule has 21 heavy (non-hydrogen) atoms. The molecule has 0 saturated heterocycles. The molecule has 1 heterocycles. The van der Waals surface area contributed by atoms with Crippen molar-refractivity contribution in [1.82, 2.24) is 10.3 Å². The van der Waals surface area contributed by atoms with Crippen LogP contribution >= 0.6 is 11.3 Å². The van der Waals surface area contributed by atoms with Crippen LogP contribution < -0.4 is 5.32 Å². The summed E-state index contributed by atoms with van der Waals surface area (Å²) in [7, 11) is 1.68. The minimum absolute atomic E-state index is 0.150. The molecule has 1 N–H and O–H groups in total. The quantitative estimate of drug-likeness (QED) is 0.688. The average molecular weight is 309 g/mol. The Bertz CT molecular complexity index is 639. The summed E-state index contributed by atoms with van der Waals surface area (Å²) in [5, 5.41) is 5.91. The number of nitrogens with one attached hydrogen (secondary N) is 1. The first kappa shape index (κ1) is 15.6. The molecular formula is C15H17F2N3S. The fourth-order valence-corrected chi connectivity index (χ4v) is 2.81. The molecule has 0 unspecified atom stereocenters. The van der Waals surface area contributed by atoms with Crippen LogP contribution in [0.25, 0.3) is 0 Å². The number of halogens is 2. The highest BCUT2D eigenvalue weighted by atomic mass is 32.1. The van der Waals surface area contributed by atoms with Crippen LogP contribution in [-0.4, -0.2) is 17.9 Å². The Balaban J connectivity index is 2.31. The Morgan fingerprint density at radius 2 is 2.19 bits per heavy atom. The highest BCUT2D eigenvalue weighted by molar-refractivity contribution is 7.11. The van der Waals surface area contributed by atoms with Crippen molar-refractivity contribution in [3.63, 3.8) is 0 Å². The van der Waals surface area contributed by atoms with Gasteiger partial charge in [0, 0.05) is 18.6 Å². The maximum absolute atomic E-state index is 13.7. The predicted octanol–water partition coefficient (Wildman–Crippen LogP) is 3.85. The topological polar surface area (TPSA) is 37.3 Å². The van der Waals surface area contributed by atoms with Gasteiger partial charge in [-0.1, -0.05) is 13.0 Å². The number of amidine groups is 1. The van der Waals surface area contributed by atoms with E-state index in [-0.39, 0.29) is 6.04 Å². The van der Waals surface area contributed by atoms with Crippen molar-refractivity contribution in [2.75, 3.05) is 7.05 Å². The van der Waals surface area contributed by atoms with E-state index < -0.39 is 11.6 Å². The van der Waals surface area contributed by atoms with E-state index in [9.17, 15) is 8.78 Å². The molecule has 0 spiro atoms. The molecule has 0 aliphatic rings. The molecule has 3 nitrogen and oxygen atoms in total. The molecule has 1 aromatic carbocycles. The van der Waals surface area contributed by atoms with E-state index in [2.05, 4.69) is 15.3 Å². The Kier molecular flexibility index (Phi) is 5.01. The molecule has 2 aromatic rings. The van der Waals surface area contributed by atoms with Crippen LogP contribution in [0.1, 0.15) is 35.5 Å². The monoisotopic (exact) mass is 309 g/mol. The summed E-state index contributed by atoms with van der Waals surface area (Å²) in [6, 6.07) is 2.63. The number of aromatic nitrogens is 1. The van der Waals surface area contributed by atoms with Gasteiger partial charge in [-0.05, 0) is 30.5 Å². The second-order valence-corrected chi connectivity index (χ2v) is 5.48. The van der Waals surface area contributed by atoms with Crippen LogP contribution in [-0.2, 0) is 0 Å². The van der Waals surface area contributed by atoms with Gasteiger partial charge in [0.05, 0.1) is 6.04 Å². The molecule has 0 bridgehead atoms. The first-order chi connectivity index (χ1) is 10.1. The van der Waals surface area contributed by atoms with Gasteiger partial charge in [0.1, 0.15) is 0 Å². The lowest BCUT2D eigenvalue weighted by atomic mass is 9.98. The smallest absolute Gasteiger partial charge is 0.162 e. The lowest BCUT2D eigenvalue weighted by Gasteiger charge is -2.21. The summed E-state index contributed by atoms with van der Waals surface area (Å²) in [4.78, 5) is 8.41. The van der Waals surface area contributed by atoms with E-state index in [1.165, 1.54) is 11.3 Å². The maximum Gasteiger partial charge on any atom is 0.162 e. The van der Waals surface area contributed by atoms with Crippen LogP contribution in [0.5, 0.6) is 0 Å². The molecule has 1 atom stereocenters. The van der Waals surface area contributed by atoms with Crippen LogP contribution in [0.15, 0.2) is 28.7 Å². The van der Waals surface area contributed by atoms with Gasteiger partial charge in [-0.3, -0.25) is 4.99 Å². The van der Waals surface area contributed by atoms with Gasteiger partial charge in [-0.25, -0.2) is 13.8 Å². The molecule has 1 aromatic heterocycles. The van der Waals surface area contributed by atoms with Crippen molar-refractivity contribution < 1.29 is 8.78 Å². The normalized spacial score (nSPS) is 13.3. The summed E-state index contributed by atoms with van der Waals surface area (Å²) in [5.41, 5.74) is 1.05. The summed E-state index contributed by atoms with van der Waals surface area (Å²) in [6.07, 6.45) is 2.42. The lowest BCUT2D eigenvalue weighted by molar-refractivity contribution is 0.496. The van der Waals surface area contributed by atoms with E-state index in [1.807, 2.05) is 12.3 Å². The number of rotatable bonds is 4. The Labute approximate surface area is 126 Å². The summed E-state index contributed by atoms with van der Waals surface area (Å²) < 4.78 is 27.0. The van der Waals surface area contributed by atoms with E-state index in [0.29, 0.717) is 11.4 Å². The number of aliphatic imine (C=N–C) groups is 1. The largest absolute Gasteiger partial charge is 0.361 e. The van der Waals surface area contributed by atoms with Crippen LogP contribution in [0, 0.1) is 18.6 Å².